The fourth-order valence-corrected chi connectivity index (χ4v) is 2.24. The lowest BCUT2D eigenvalue weighted by Crippen LogP contribution is -2.51. The first-order valence-electron chi connectivity index (χ1n) is 6.58. The maximum absolute atomic E-state index is 13.0. The van der Waals surface area contributed by atoms with Gasteiger partial charge in [-0.3, -0.25) is 9.59 Å². The lowest BCUT2D eigenvalue weighted by Gasteiger charge is -2.34. The highest BCUT2D eigenvalue weighted by atomic mass is 35.5. The van der Waals surface area contributed by atoms with Crippen molar-refractivity contribution in [2.45, 2.75) is 6.92 Å². The van der Waals surface area contributed by atoms with Gasteiger partial charge in [-0.2, -0.15) is 0 Å². The van der Waals surface area contributed by atoms with Gasteiger partial charge in [-0.25, -0.2) is 4.39 Å². The second-order valence-electron chi connectivity index (χ2n) is 4.75. The molecular formula is C14H16ClFN2O3. The predicted octanol–water partition coefficient (Wildman–Crippen LogP) is 1.55. The first-order valence-corrected chi connectivity index (χ1v) is 6.96. The highest BCUT2D eigenvalue weighted by Gasteiger charge is 2.22. The van der Waals surface area contributed by atoms with Crippen molar-refractivity contribution in [3.8, 4) is 5.75 Å². The Morgan fingerprint density at radius 2 is 1.86 bits per heavy atom. The van der Waals surface area contributed by atoms with E-state index in [1.54, 1.807) is 9.80 Å². The van der Waals surface area contributed by atoms with E-state index in [2.05, 4.69) is 0 Å². The van der Waals surface area contributed by atoms with Gasteiger partial charge in [-0.1, -0.05) is 11.6 Å². The number of halogens is 2. The molecule has 0 N–H and O–H groups in total. The van der Waals surface area contributed by atoms with E-state index < -0.39 is 5.82 Å². The van der Waals surface area contributed by atoms with Crippen LogP contribution in [0.4, 0.5) is 4.39 Å². The quantitative estimate of drug-likeness (QED) is 0.850. The summed E-state index contributed by atoms with van der Waals surface area (Å²) < 4.78 is 18.3. The van der Waals surface area contributed by atoms with Crippen LogP contribution in [0, 0.1) is 5.82 Å². The van der Waals surface area contributed by atoms with Crippen LogP contribution in [0.5, 0.6) is 5.75 Å². The molecule has 5 nitrogen and oxygen atoms in total. The smallest absolute Gasteiger partial charge is 0.260 e. The van der Waals surface area contributed by atoms with Gasteiger partial charge in [0.2, 0.25) is 5.91 Å². The SMILES string of the molecule is CC(=O)N1CCN(C(=O)COc2ccc(F)c(Cl)c2)CC1. The molecule has 114 valence electrons. The van der Waals surface area contributed by atoms with E-state index in [-0.39, 0.29) is 23.4 Å². The molecule has 7 heteroatoms. The van der Waals surface area contributed by atoms with Crippen LogP contribution in [0.2, 0.25) is 5.02 Å². The van der Waals surface area contributed by atoms with E-state index in [9.17, 15) is 14.0 Å². The lowest BCUT2D eigenvalue weighted by atomic mass is 10.3. The van der Waals surface area contributed by atoms with E-state index in [1.165, 1.54) is 25.1 Å². The number of hydrogen-bond donors (Lipinski definition) is 0. The van der Waals surface area contributed by atoms with Crippen molar-refractivity contribution in [3.05, 3.63) is 29.0 Å². The number of hydrogen-bond acceptors (Lipinski definition) is 3. The molecule has 1 aromatic carbocycles. The van der Waals surface area contributed by atoms with Crippen LogP contribution in [0.25, 0.3) is 0 Å². The standard InChI is InChI=1S/C14H16ClFN2O3/c1-10(19)17-4-6-18(7-5-17)14(20)9-21-11-2-3-13(16)12(15)8-11/h2-3,8H,4-7,9H2,1H3. The zero-order valence-electron chi connectivity index (χ0n) is 11.6. The number of benzene rings is 1. The van der Waals surface area contributed by atoms with Crippen molar-refractivity contribution in [3.63, 3.8) is 0 Å². The Kier molecular flexibility index (Phi) is 5.01. The van der Waals surface area contributed by atoms with Crippen molar-refractivity contribution in [2.75, 3.05) is 32.8 Å². The summed E-state index contributed by atoms with van der Waals surface area (Å²) in [6, 6.07) is 3.94. The Morgan fingerprint density at radius 1 is 1.24 bits per heavy atom. The normalized spacial score (nSPS) is 15.0. The second-order valence-corrected chi connectivity index (χ2v) is 5.16. The molecule has 0 saturated carbocycles. The van der Waals surface area contributed by atoms with E-state index in [4.69, 9.17) is 16.3 Å². The zero-order chi connectivity index (χ0) is 15.4. The summed E-state index contributed by atoms with van der Waals surface area (Å²) in [4.78, 5) is 26.5. The fourth-order valence-electron chi connectivity index (χ4n) is 2.07. The van der Waals surface area contributed by atoms with Gasteiger partial charge < -0.3 is 14.5 Å². The number of piperazine rings is 1. The minimum Gasteiger partial charge on any atom is -0.484 e. The minimum atomic E-state index is -0.532. The molecule has 2 amide bonds. The van der Waals surface area contributed by atoms with Gasteiger partial charge in [0.25, 0.3) is 5.91 Å². The van der Waals surface area contributed by atoms with Crippen LogP contribution in [0.1, 0.15) is 6.92 Å². The van der Waals surface area contributed by atoms with Crippen molar-refractivity contribution in [1.82, 2.24) is 9.80 Å². The summed E-state index contributed by atoms with van der Waals surface area (Å²) in [5.41, 5.74) is 0. The Bertz CT molecular complexity index is 545. The molecule has 0 aromatic heterocycles. The maximum Gasteiger partial charge on any atom is 0.260 e. The number of rotatable bonds is 3. The second kappa shape index (κ2) is 6.76. The molecule has 0 aliphatic carbocycles. The van der Waals surface area contributed by atoms with Gasteiger partial charge in [0.1, 0.15) is 11.6 Å². The fraction of sp³-hybridized carbons (Fsp3) is 0.429. The topological polar surface area (TPSA) is 49.9 Å². The average molecular weight is 315 g/mol. The lowest BCUT2D eigenvalue weighted by molar-refractivity contribution is -0.139. The predicted molar refractivity (Wildman–Crippen MR) is 75.7 cm³/mol. The van der Waals surface area contributed by atoms with Crippen LogP contribution >= 0.6 is 11.6 Å². The van der Waals surface area contributed by atoms with Gasteiger partial charge in [-0.05, 0) is 12.1 Å². The zero-order valence-corrected chi connectivity index (χ0v) is 12.4. The molecule has 21 heavy (non-hydrogen) atoms. The molecule has 0 bridgehead atoms. The van der Waals surface area contributed by atoms with Gasteiger partial charge in [0.15, 0.2) is 6.61 Å². The van der Waals surface area contributed by atoms with Crippen molar-refractivity contribution >= 4 is 23.4 Å². The van der Waals surface area contributed by atoms with Crippen LogP contribution in [0.3, 0.4) is 0 Å². The molecular weight excluding hydrogens is 299 g/mol. The molecule has 0 unspecified atom stereocenters. The molecule has 1 fully saturated rings. The summed E-state index contributed by atoms with van der Waals surface area (Å²) in [7, 11) is 0. The van der Waals surface area contributed by atoms with Gasteiger partial charge in [0, 0.05) is 39.2 Å². The van der Waals surface area contributed by atoms with Crippen LogP contribution in [-0.4, -0.2) is 54.4 Å². The maximum atomic E-state index is 13.0. The first-order chi connectivity index (χ1) is 9.97. The Labute approximate surface area is 127 Å². The third kappa shape index (κ3) is 4.07. The third-order valence-electron chi connectivity index (χ3n) is 3.33. The highest BCUT2D eigenvalue weighted by Crippen LogP contribution is 2.21. The first kappa shape index (κ1) is 15.6. The number of ether oxygens (including phenoxy) is 1. The molecule has 1 heterocycles. The van der Waals surface area contributed by atoms with E-state index in [0.717, 1.165) is 0 Å². The van der Waals surface area contributed by atoms with Gasteiger partial charge in [-0.15, -0.1) is 0 Å². The average Bonchev–Trinajstić information content (AvgIpc) is 2.48. The van der Waals surface area contributed by atoms with Crippen molar-refractivity contribution in [2.24, 2.45) is 0 Å². The van der Waals surface area contributed by atoms with Crippen molar-refractivity contribution in [1.29, 1.82) is 0 Å². The van der Waals surface area contributed by atoms with Crippen LogP contribution in [0.15, 0.2) is 18.2 Å². The van der Waals surface area contributed by atoms with Crippen LogP contribution < -0.4 is 4.74 Å². The van der Waals surface area contributed by atoms with E-state index >= 15 is 0 Å². The highest BCUT2D eigenvalue weighted by molar-refractivity contribution is 6.30. The van der Waals surface area contributed by atoms with Crippen molar-refractivity contribution < 1.29 is 18.7 Å². The van der Waals surface area contributed by atoms with E-state index in [0.29, 0.717) is 31.9 Å². The summed E-state index contributed by atoms with van der Waals surface area (Å²) in [6.45, 7) is 3.42. The Hall–Kier alpha value is -1.82. The molecule has 1 aliphatic rings. The summed E-state index contributed by atoms with van der Waals surface area (Å²) in [6.07, 6.45) is 0. The monoisotopic (exact) mass is 314 g/mol. The largest absolute Gasteiger partial charge is 0.484 e. The molecule has 1 aliphatic heterocycles. The summed E-state index contributed by atoms with van der Waals surface area (Å²) >= 11 is 5.64. The number of carbonyl (C=O) groups excluding carboxylic acids is 2. The summed E-state index contributed by atoms with van der Waals surface area (Å²) in [5, 5.41) is -0.0463. The third-order valence-corrected chi connectivity index (χ3v) is 3.62. The molecule has 1 saturated heterocycles. The minimum absolute atomic E-state index is 0.0132. The number of carbonyl (C=O) groups is 2. The molecule has 0 spiro atoms. The number of amides is 2. The molecule has 0 atom stereocenters. The Morgan fingerprint density at radius 3 is 2.43 bits per heavy atom. The summed E-state index contributed by atoms with van der Waals surface area (Å²) in [5.74, 6) is -0.342. The van der Waals surface area contributed by atoms with Crippen LogP contribution in [-0.2, 0) is 9.59 Å². The molecule has 0 radical (unpaired) electrons. The number of nitrogens with zero attached hydrogens (tertiary/aromatic N) is 2. The molecule has 2 rings (SSSR count). The Balaban J connectivity index is 1.82. The molecule has 1 aromatic rings. The van der Waals surface area contributed by atoms with Gasteiger partial charge in [0.05, 0.1) is 5.02 Å². The van der Waals surface area contributed by atoms with E-state index in [1.807, 2.05) is 0 Å². The van der Waals surface area contributed by atoms with Gasteiger partial charge >= 0.3 is 0 Å².